The topological polar surface area (TPSA) is 9.23 Å². The molecule has 2 aromatic rings. The van der Waals surface area contributed by atoms with Gasteiger partial charge in [-0.3, -0.25) is 0 Å². The second-order valence-electron chi connectivity index (χ2n) is 8.73. The quantitative estimate of drug-likeness (QED) is 0.540. The van der Waals surface area contributed by atoms with Crippen molar-refractivity contribution in [3.05, 3.63) is 71.3 Å². The highest BCUT2D eigenvalue weighted by Gasteiger charge is 2.43. The highest BCUT2D eigenvalue weighted by Crippen LogP contribution is 2.55. The average molecular weight is 349 g/mol. The Balaban J connectivity index is 1.28. The van der Waals surface area contributed by atoms with Gasteiger partial charge in [-0.1, -0.05) is 61.5 Å². The summed E-state index contributed by atoms with van der Waals surface area (Å²) in [5.41, 5.74) is 5.09. The minimum Gasteiger partial charge on any atom is -0.377 e. The number of ether oxygens (including phenoxy) is 1. The van der Waals surface area contributed by atoms with Crippen LogP contribution in [-0.2, 0) is 17.8 Å². The molecule has 2 aliphatic rings. The SMILES string of the molecule is CC12CCc3ccccc3C1CC(CCCOCc1ccccc1)CC2. The molecule has 0 bridgehead atoms. The summed E-state index contributed by atoms with van der Waals surface area (Å²) in [6.07, 6.45) is 9.37. The monoisotopic (exact) mass is 348 g/mol. The minimum atomic E-state index is 0.536. The van der Waals surface area contributed by atoms with Gasteiger partial charge in [0.25, 0.3) is 0 Å². The molecule has 0 aliphatic heterocycles. The van der Waals surface area contributed by atoms with Crippen LogP contribution in [0.25, 0.3) is 0 Å². The van der Waals surface area contributed by atoms with Gasteiger partial charge >= 0.3 is 0 Å². The maximum absolute atomic E-state index is 5.89. The predicted octanol–water partition coefficient (Wildman–Crippen LogP) is 6.52. The molecule has 0 saturated heterocycles. The molecular weight excluding hydrogens is 316 g/mol. The molecule has 2 aliphatic carbocycles. The fourth-order valence-corrected chi connectivity index (χ4v) is 5.27. The zero-order valence-corrected chi connectivity index (χ0v) is 16.1. The summed E-state index contributed by atoms with van der Waals surface area (Å²) in [5, 5.41) is 0. The van der Waals surface area contributed by atoms with Crippen molar-refractivity contribution in [1.82, 2.24) is 0 Å². The summed E-state index contributed by atoms with van der Waals surface area (Å²) in [7, 11) is 0. The first-order valence-corrected chi connectivity index (χ1v) is 10.4. The number of hydrogen-bond donors (Lipinski definition) is 0. The molecule has 0 aromatic heterocycles. The number of rotatable bonds is 6. The van der Waals surface area contributed by atoms with Crippen molar-refractivity contribution in [1.29, 1.82) is 0 Å². The number of aryl methyl sites for hydroxylation is 1. The van der Waals surface area contributed by atoms with E-state index in [1.807, 2.05) is 0 Å². The van der Waals surface area contributed by atoms with Crippen LogP contribution < -0.4 is 0 Å². The number of benzene rings is 2. The Morgan fingerprint density at radius 2 is 1.81 bits per heavy atom. The van der Waals surface area contributed by atoms with Gasteiger partial charge in [-0.15, -0.1) is 0 Å². The Labute approximate surface area is 158 Å². The average Bonchev–Trinajstić information content (AvgIpc) is 2.69. The lowest BCUT2D eigenvalue weighted by Gasteiger charge is -2.48. The highest BCUT2D eigenvalue weighted by molar-refractivity contribution is 5.35. The third-order valence-electron chi connectivity index (χ3n) is 6.94. The second-order valence-corrected chi connectivity index (χ2v) is 8.73. The first-order valence-electron chi connectivity index (χ1n) is 10.4. The van der Waals surface area contributed by atoms with E-state index in [2.05, 4.69) is 61.5 Å². The molecule has 3 atom stereocenters. The Bertz CT molecular complexity index is 707. The van der Waals surface area contributed by atoms with E-state index in [0.717, 1.165) is 25.0 Å². The Morgan fingerprint density at radius 3 is 2.69 bits per heavy atom. The molecule has 3 unspecified atom stereocenters. The van der Waals surface area contributed by atoms with Gasteiger partial charge in [0, 0.05) is 6.61 Å². The predicted molar refractivity (Wildman–Crippen MR) is 108 cm³/mol. The van der Waals surface area contributed by atoms with E-state index in [-0.39, 0.29) is 0 Å². The van der Waals surface area contributed by atoms with Crippen LogP contribution in [-0.4, -0.2) is 6.61 Å². The first-order chi connectivity index (χ1) is 12.7. The lowest BCUT2D eigenvalue weighted by atomic mass is 9.56. The maximum atomic E-state index is 5.89. The lowest BCUT2D eigenvalue weighted by Crippen LogP contribution is -2.36. The maximum Gasteiger partial charge on any atom is 0.0716 e. The molecule has 2 aromatic carbocycles. The van der Waals surface area contributed by atoms with Crippen molar-refractivity contribution in [2.24, 2.45) is 11.3 Å². The van der Waals surface area contributed by atoms with Crippen molar-refractivity contribution in [3.8, 4) is 0 Å². The molecule has 0 radical (unpaired) electrons. The van der Waals surface area contributed by atoms with Crippen molar-refractivity contribution < 1.29 is 4.74 Å². The first kappa shape index (κ1) is 17.8. The fraction of sp³-hybridized carbons (Fsp3) is 0.520. The van der Waals surface area contributed by atoms with Gasteiger partial charge in [-0.25, -0.2) is 0 Å². The van der Waals surface area contributed by atoms with Crippen LogP contribution in [0.15, 0.2) is 54.6 Å². The summed E-state index contributed by atoms with van der Waals surface area (Å²) >= 11 is 0. The highest BCUT2D eigenvalue weighted by atomic mass is 16.5. The van der Waals surface area contributed by atoms with Gasteiger partial charge < -0.3 is 4.74 Å². The van der Waals surface area contributed by atoms with Crippen LogP contribution in [0, 0.1) is 11.3 Å². The Kier molecular flexibility index (Phi) is 5.45. The Hall–Kier alpha value is -1.60. The van der Waals surface area contributed by atoms with Gasteiger partial charge in [0.15, 0.2) is 0 Å². The third-order valence-corrected chi connectivity index (χ3v) is 6.94. The molecule has 26 heavy (non-hydrogen) atoms. The number of hydrogen-bond acceptors (Lipinski definition) is 1. The zero-order chi connectivity index (χ0) is 17.8. The van der Waals surface area contributed by atoms with Crippen LogP contribution in [0.3, 0.4) is 0 Å². The van der Waals surface area contributed by atoms with Gasteiger partial charge in [0.1, 0.15) is 0 Å². The van der Waals surface area contributed by atoms with Crippen molar-refractivity contribution in [2.45, 2.75) is 64.4 Å². The van der Waals surface area contributed by atoms with Crippen molar-refractivity contribution in [2.75, 3.05) is 6.61 Å². The molecule has 1 fully saturated rings. The molecule has 0 N–H and O–H groups in total. The zero-order valence-electron chi connectivity index (χ0n) is 16.1. The van der Waals surface area contributed by atoms with Crippen LogP contribution in [0.2, 0.25) is 0 Å². The lowest BCUT2D eigenvalue weighted by molar-refractivity contribution is 0.0884. The van der Waals surface area contributed by atoms with Gasteiger partial charge in [-0.05, 0) is 78.9 Å². The molecule has 1 saturated carbocycles. The van der Waals surface area contributed by atoms with Crippen LogP contribution in [0.5, 0.6) is 0 Å². The minimum absolute atomic E-state index is 0.536. The number of fused-ring (bicyclic) bond motifs is 3. The molecule has 1 nitrogen and oxygen atoms in total. The van der Waals surface area contributed by atoms with E-state index >= 15 is 0 Å². The van der Waals surface area contributed by atoms with Crippen molar-refractivity contribution >= 4 is 0 Å². The standard InChI is InChI=1S/C25H32O/c1-25-15-13-20(10-7-17-26-19-21-8-3-2-4-9-21)18-24(25)23-12-6-5-11-22(23)14-16-25/h2-6,8-9,11-12,20,24H,7,10,13-19H2,1H3. The summed E-state index contributed by atoms with van der Waals surface area (Å²) in [6.45, 7) is 4.19. The largest absolute Gasteiger partial charge is 0.377 e. The molecule has 0 spiro atoms. The van der Waals surface area contributed by atoms with Crippen LogP contribution >= 0.6 is 0 Å². The van der Waals surface area contributed by atoms with E-state index in [1.54, 1.807) is 11.1 Å². The molecule has 138 valence electrons. The van der Waals surface area contributed by atoms with Gasteiger partial charge in [-0.2, -0.15) is 0 Å². The molecule has 4 rings (SSSR count). The molecular formula is C25H32O. The molecule has 0 amide bonds. The second kappa shape index (κ2) is 7.96. The summed E-state index contributed by atoms with van der Waals surface area (Å²) < 4.78 is 5.89. The van der Waals surface area contributed by atoms with Gasteiger partial charge in [0.2, 0.25) is 0 Å². The third kappa shape index (κ3) is 3.88. The van der Waals surface area contributed by atoms with E-state index in [0.29, 0.717) is 5.41 Å². The van der Waals surface area contributed by atoms with Crippen LogP contribution in [0.1, 0.15) is 68.1 Å². The normalized spacial score (nSPS) is 27.6. The molecule has 1 heteroatoms. The fourth-order valence-electron chi connectivity index (χ4n) is 5.27. The van der Waals surface area contributed by atoms with E-state index < -0.39 is 0 Å². The van der Waals surface area contributed by atoms with E-state index in [4.69, 9.17) is 4.74 Å². The summed E-state index contributed by atoms with van der Waals surface area (Å²) in [4.78, 5) is 0. The molecule has 0 heterocycles. The summed E-state index contributed by atoms with van der Waals surface area (Å²) in [6, 6.07) is 19.7. The van der Waals surface area contributed by atoms with E-state index in [9.17, 15) is 0 Å². The van der Waals surface area contributed by atoms with E-state index in [1.165, 1.54) is 50.5 Å². The van der Waals surface area contributed by atoms with Crippen molar-refractivity contribution in [3.63, 3.8) is 0 Å². The van der Waals surface area contributed by atoms with Gasteiger partial charge in [0.05, 0.1) is 6.61 Å². The Morgan fingerprint density at radius 1 is 1.00 bits per heavy atom. The van der Waals surface area contributed by atoms with Crippen LogP contribution in [0.4, 0.5) is 0 Å². The summed E-state index contributed by atoms with van der Waals surface area (Å²) in [5.74, 6) is 1.65. The smallest absolute Gasteiger partial charge is 0.0716 e.